The topological polar surface area (TPSA) is 66.9 Å². The SMILES string of the molecule is Cc1cc(C(=O)NCc2ccc(F)cc2)nc(Nc2ccccc2C(C)C)n1. The molecule has 0 saturated carbocycles. The molecular weight excluding hydrogens is 355 g/mol. The fourth-order valence-corrected chi connectivity index (χ4v) is 2.85. The molecule has 3 rings (SSSR count). The quantitative estimate of drug-likeness (QED) is 0.651. The minimum Gasteiger partial charge on any atom is -0.347 e. The van der Waals surface area contributed by atoms with E-state index < -0.39 is 0 Å². The molecule has 2 aromatic carbocycles. The van der Waals surface area contributed by atoms with Crippen LogP contribution in [-0.4, -0.2) is 15.9 Å². The van der Waals surface area contributed by atoms with Crippen molar-refractivity contribution in [3.8, 4) is 0 Å². The molecule has 0 bridgehead atoms. The summed E-state index contributed by atoms with van der Waals surface area (Å²) in [5.74, 6) is 0.0981. The van der Waals surface area contributed by atoms with E-state index in [1.807, 2.05) is 25.1 Å². The number of nitrogens with one attached hydrogen (secondary N) is 2. The van der Waals surface area contributed by atoms with Gasteiger partial charge in [0.15, 0.2) is 0 Å². The van der Waals surface area contributed by atoms with E-state index in [0.29, 0.717) is 24.1 Å². The van der Waals surface area contributed by atoms with Gasteiger partial charge in [0.25, 0.3) is 5.91 Å². The van der Waals surface area contributed by atoms with E-state index in [9.17, 15) is 9.18 Å². The largest absolute Gasteiger partial charge is 0.347 e. The van der Waals surface area contributed by atoms with Gasteiger partial charge in [0.2, 0.25) is 5.95 Å². The number of aromatic nitrogens is 2. The van der Waals surface area contributed by atoms with Crippen molar-refractivity contribution >= 4 is 17.5 Å². The third-order valence-corrected chi connectivity index (χ3v) is 4.28. The van der Waals surface area contributed by atoms with Crippen LogP contribution in [0.1, 0.15) is 47.1 Å². The Balaban J connectivity index is 1.76. The molecule has 2 N–H and O–H groups in total. The Hall–Kier alpha value is -3.28. The number of amides is 1. The number of benzene rings is 2. The molecule has 0 aliphatic rings. The number of aryl methyl sites for hydroxylation is 1. The number of anilines is 2. The zero-order chi connectivity index (χ0) is 20.1. The molecule has 0 unspecified atom stereocenters. The van der Waals surface area contributed by atoms with Crippen LogP contribution in [-0.2, 0) is 6.54 Å². The van der Waals surface area contributed by atoms with Gasteiger partial charge in [-0.25, -0.2) is 14.4 Å². The molecule has 1 aromatic heterocycles. The fourth-order valence-electron chi connectivity index (χ4n) is 2.85. The Morgan fingerprint density at radius 3 is 2.50 bits per heavy atom. The number of carbonyl (C=O) groups is 1. The summed E-state index contributed by atoms with van der Waals surface area (Å²) >= 11 is 0. The van der Waals surface area contributed by atoms with E-state index in [2.05, 4.69) is 40.5 Å². The van der Waals surface area contributed by atoms with Crippen molar-refractivity contribution in [3.05, 3.63) is 82.9 Å². The molecule has 0 aliphatic carbocycles. The molecular formula is C22H23FN4O. The van der Waals surface area contributed by atoms with Gasteiger partial charge in [-0.15, -0.1) is 0 Å². The zero-order valence-electron chi connectivity index (χ0n) is 16.2. The third-order valence-electron chi connectivity index (χ3n) is 4.28. The molecule has 0 saturated heterocycles. The molecule has 1 heterocycles. The molecule has 28 heavy (non-hydrogen) atoms. The lowest BCUT2D eigenvalue weighted by atomic mass is 10.0. The summed E-state index contributed by atoms with van der Waals surface area (Å²) in [7, 11) is 0. The van der Waals surface area contributed by atoms with Gasteiger partial charge in [0, 0.05) is 17.9 Å². The first-order valence-corrected chi connectivity index (χ1v) is 9.16. The van der Waals surface area contributed by atoms with Crippen LogP contribution in [0.25, 0.3) is 0 Å². The second-order valence-electron chi connectivity index (χ2n) is 6.89. The Bertz CT molecular complexity index is 971. The molecule has 0 radical (unpaired) electrons. The Labute approximate surface area is 164 Å². The van der Waals surface area contributed by atoms with Crippen molar-refractivity contribution < 1.29 is 9.18 Å². The highest BCUT2D eigenvalue weighted by Crippen LogP contribution is 2.25. The second kappa shape index (κ2) is 8.61. The van der Waals surface area contributed by atoms with Gasteiger partial charge in [-0.05, 0) is 48.2 Å². The lowest BCUT2D eigenvalue weighted by molar-refractivity contribution is 0.0945. The number of rotatable bonds is 6. The Morgan fingerprint density at radius 1 is 1.07 bits per heavy atom. The van der Waals surface area contributed by atoms with E-state index in [-0.39, 0.29) is 17.4 Å². The molecule has 1 amide bonds. The van der Waals surface area contributed by atoms with E-state index >= 15 is 0 Å². The first-order chi connectivity index (χ1) is 13.4. The summed E-state index contributed by atoms with van der Waals surface area (Å²) in [6, 6.07) is 15.6. The van der Waals surface area contributed by atoms with Gasteiger partial charge < -0.3 is 10.6 Å². The number of hydrogen-bond acceptors (Lipinski definition) is 4. The minimum atomic E-state index is -0.310. The maximum Gasteiger partial charge on any atom is 0.270 e. The summed E-state index contributed by atoms with van der Waals surface area (Å²) < 4.78 is 13.0. The van der Waals surface area contributed by atoms with Gasteiger partial charge in [-0.2, -0.15) is 0 Å². The summed E-state index contributed by atoms with van der Waals surface area (Å²) in [6.45, 7) is 6.34. The van der Waals surface area contributed by atoms with E-state index in [1.165, 1.54) is 12.1 Å². The standard InChI is InChI=1S/C22H23FN4O/c1-14(2)18-6-4-5-7-19(18)26-22-25-15(3)12-20(27-22)21(28)24-13-16-8-10-17(23)11-9-16/h4-12,14H,13H2,1-3H3,(H,24,28)(H,25,26,27). The van der Waals surface area contributed by atoms with Crippen LogP contribution in [0.5, 0.6) is 0 Å². The van der Waals surface area contributed by atoms with Crippen LogP contribution < -0.4 is 10.6 Å². The Kier molecular flexibility index (Phi) is 5.99. The highest BCUT2D eigenvalue weighted by atomic mass is 19.1. The maximum absolute atomic E-state index is 13.0. The molecule has 0 aliphatic heterocycles. The highest BCUT2D eigenvalue weighted by molar-refractivity contribution is 5.92. The predicted octanol–water partition coefficient (Wildman–Crippen LogP) is 4.72. The van der Waals surface area contributed by atoms with Gasteiger partial charge >= 0.3 is 0 Å². The van der Waals surface area contributed by atoms with Crippen molar-refractivity contribution in [2.75, 3.05) is 5.32 Å². The van der Waals surface area contributed by atoms with Gasteiger partial charge in [-0.1, -0.05) is 44.2 Å². The van der Waals surface area contributed by atoms with Crippen molar-refractivity contribution in [2.45, 2.75) is 33.2 Å². The van der Waals surface area contributed by atoms with Crippen LogP contribution in [0.15, 0.2) is 54.6 Å². The molecule has 5 nitrogen and oxygen atoms in total. The van der Waals surface area contributed by atoms with Crippen LogP contribution in [0, 0.1) is 12.7 Å². The average Bonchev–Trinajstić information content (AvgIpc) is 2.67. The predicted molar refractivity (Wildman–Crippen MR) is 108 cm³/mol. The van der Waals surface area contributed by atoms with Crippen LogP contribution in [0.3, 0.4) is 0 Å². The van der Waals surface area contributed by atoms with Crippen molar-refractivity contribution in [2.24, 2.45) is 0 Å². The smallest absolute Gasteiger partial charge is 0.270 e. The molecule has 6 heteroatoms. The summed E-state index contributed by atoms with van der Waals surface area (Å²) in [4.78, 5) is 21.3. The fraction of sp³-hybridized carbons (Fsp3) is 0.227. The number of halogens is 1. The van der Waals surface area contributed by atoms with E-state index in [4.69, 9.17) is 0 Å². The molecule has 0 atom stereocenters. The van der Waals surface area contributed by atoms with E-state index in [1.54, 1.807) is 18.2 Å². The summed E-state index contributed by atoms with van der Waals surface area (Å²) in [5.41, 5.74) is 3.84. The van der Waals surface area contributed by atoms with E-state index in [0.717, 1.165) is 16.8 Å². The lowest BCUT2D eigenvalue weighted by Gasteiger charge is -2.14. The number of carbonyl (C=O) groups excluding carboxylic acids is 1. The molecule has 0 fully saturated rings. The molecule has 0 spiro atoms. The Morgan fingerprint density at radius 2 is 1.79 bits per heavy atom. The number of nitrogens with zero attached hydrogens (tertiary/aromatic N) is 2. The van der Waals surface area contributed by atoms with Crippen LogP contribution in [0.4, 0.5) is 16.0 Å². The molecule has 144 valence electrons. The third kappa shape index (κ3) is 4.91. The minimum absolute atomic E-state index is 0.277. The van der Waals surface area contributed by atoms with Gasteiger partial charge in [0.05, 0.1) is 0 Å². The van der Waals surface area contributed by atoms with Crippen LogP contribution in [0.2, 0.25) is 0 Å². The summed E-state index contributed by atoms with van der Waals surface area (Å²) in [5, 5.41) is 6.03. The first-order valence-electron chi connectivity index (χ1n) is 9.16. The number of para-hydroxylation sites is 1. The molecule has 3 aromatic rings. The lowest BCUT2D eigenvalue weighted by Crippen LogP contribution is -2.24. The van der Waals surface area contributed by atoms with Gasteiger partial charge in [-0.3, -0.25) is 4.79 Å². The highest BCUT2D eigenvalue weighted by Gasteiger charge is 2.12. The van der Waals surface area contributed by atoms with Crippen molar-refractivity contribution in [3.63, 3.8) is 0 Å². The van der Waals surface area contributed by atoms with Crippen LogP contribution >= 0.6 is 0 Å². The average molecular weight is 378 g/mol. The monoisotopic (exact) mass is 378 g/mol. The first kappa shape index (κ1) is 19.5. The van der Waals surface area contributed by atoms with Crippen molar-refractivity contribution in [1.82, 2.24) is 15.3 Å². The maximum atomic E-state index is 13.0. The second-order valence-corrected chi connectivity index (χ2v) is 6.89. The van der Waals surface area contributed by atoms with Crippen molar-refractivity contribution in [1.29, 1.82) is 0 Å². The number of hydrogen-bond donors (Lipinski definition) is 2. The zero-order valence-corrected chi connectivity index (χ0v) is 16.2. The summed E-state index contributed by atoms with van der Waals surface area (Å²) in [6.07, 6.45) is 0. The normalized spacial score (nSPS) is 10.8. The van der Waals surface area contributed by atoms with Gasteiger partial charge in [0.1, 0.15) is 11.5 Å².